The third kappa shape index (κ3) is 5.77. The molecule has 4 aromatic carbocycles. The number of ketones is 1. The second kappa shape index (κ2) is 14.4. The number of benzene rings is 4. The van der Waals surface area contributed by atoms with E-state index < -0.39 is 5.78 Å². The lowest BCUT2D eigenvalue weighted by atomic mass is 9.87. The molecule has 0 unspecified atom stereocenters. The lowest BCUT2D eigenvalue weighted by molar-refractivity contribution is 0.102. The van der Waals surface area contributed by atoms with Gasteiger partial charge in [-0.2, -0.15) is 0 Å². The van der Waals surface area contributed by atoms with Crippen LogP contribution in [-0.2, 0) is 12.8 Å². The van der Waals surface area contributed by atoms with Crippen LogP contribution in [0.2, 0.25) is 0 Å². The summed E-state index contributed by atoms with van der Waals surface area (Å²) < 4.78 is 46.6. The third-order valence-corrected chi connectivity index (χ3v) is 7.38. The molecule has 0 saturated heterocycles. The number of hydrogen-bond acceptors (Lipinski definition) is 9. The number of ether oxygens (including phenoxy) is 8. The zero-order valence-corrected chi connectivity index (χ0v) is 26.4. The Balaban J connectivity index is 2.18. The number of methoxy groups -OCH3 is 8. The molecule has 0 saturated carbocycles. The number of hydrogen-bond donors (Lipinski definition) is 0. The Labute approximate surface area is 258 Å². The van der Waals surface area contributed by atoms with Gasteiger partial charge >= 0.3 is 0 Å². The monoisotopic (exact) mass is 602 g/mol. The molecule has 232 valence electrons. The van der Waals surface area contributed by atoms with E-state index in [1.165, 1.54) is 56.9 Å². The SMILES string of the molecule is COc1c(Cc2ccccc2)c(C(=O)c2c(Cc3ccccc3)c(OC)c(OC)c(OC)c2OC)c(OC)c(OC)c1OC. The molecule has 0 N–H and O–H groups in total. The maximum Gasteiger partial charge on any atom is 0.208 e. The van der Waals surface area contributed by atoms with Gasteiger partial charge in [0.15, 0.2) is 23.0 Å². The van der Waals surface area contributed by atoms with Crippen molar-refractivity contribution in [2.75, 3.05) is 56.9 Å². The summed E-state index contributed by atoms with van der Waals surface area (Å²) in [6.07, 6.45) is 0.644. The van der Waals surface area contributed by atoms with Crippen molar-refractivity contribution in [3.63, 3.8) is 0 Å². The predicted octanol–water partition coefficient (Wildman–Crippen LogP) is 6.17. The van der Waals surface area contributed by atoms with Gasteiger partial charge in [0.2, 0.25) is 28.8 Å². The molecule has 0 heterocycles. The lowest BCUT2D eigenvalue weighted by Crippen LogP contribution is -2.17. The molecule has 0 aliphatic heterocycles. The van der Waals surface area contributed by atoms with E-state index in [1.807, 2.05) is 60.7 Å². The van der Waals surface area contributed by atoms with Crippen LogP contribution in [0.25, 0.3) is 0 Å². The largest absolute Gasteiger partial charge is 0.492 e. The molecule has 0 atom stereocenters. The minimum absolute atomic E-state index is 0.183. The fraction of sp³-hybridized carbons (Fsp3) is 0.286. The topological polar surface area (TPSA) is 90.9 Å². The Morgan fingerprint density at radius 2 is 0.682 bits per heavy atom. The Bertz CT molecular complexity index is 1480. The predicted molar refractivity (Wildman–Crippen MR) is 167 cm³/mol. The summed E-state index contributed by atoms with van der Waals surface area (Å²) in [6.45, 7) is 0. The van der Waals surface area contributed by atoms with Gasteiger partial charge in [0.25, 0.3) is 0 Å². The smallest absolute Gasteiger partial charge is 0.208 e. The average Bonchev–Trinajstić information content (AvgIpc) is 3.07. The lowest BCUT2D eigenvalue weighted by Gasteiger charge is -2.25. The van der Waals surface area contributed by atoms with Gasteiger partial charge in [0.05, 0.1) is 68.0 Å². The molecule has 0 spiro atoms. The minimum Gasteiger partial charge on any atom is -0.492 e. The first-order chi connectivity index (χ1) is 21.4. The summed E-state index contributed by atoms with van der Waals surface area (Å²) >= 11 is 0. The summed E-state index contributed by atoms with van der Waals surface area (Å²) in [4.78, 5) is 15.2. The third-order valence-electron chi connectivity index (χ3n) is 7.38. The molecular formula is C35H38O9. The zero-order chi connectivity index (χ0) is 31.8. The normalized spacial score (nSPS) is 10.5. The molecule has 0 radical (unpaired) electrons. The first kappa shape index (κ1) is 31.9. The Hall–Kier alpha value is -5.05. The highest BCUT2D eigenvalue weighted by Gasteiger charge is 2.37. The van der Waals surface area contributed by atoms with Crippen LogP contribution in [0.15, 0.2) is 60.7 Å². The fourth-order valence-electron chi connectivity index (χ4n) is 5.52. The summed E-state index contributed by atoms with van der Waals surface area (Å²) in [7, 11) is 12.0. The van der Waals surface area contributed by atoms with E-state index >= 15 is 4.79 Å². The molecule has 0 bridgehead atoms. The first-order valence-electron chi connectivity index (χ1n) is 13.8. The standard InChI is InChI=1S/C35H38O9/c1-37-28-23(19-21-15-11-9-12-16-21)25(30(39-3)34(43-7)32(28)41-5)27(36)26-24(20-22-17-13-10-14-18-22)29(38-2)33(42-6)35(44-8)31(26)40-4/h9-18H,19-20H2,1-8H3. The van der Waals surface area contributed by atoms with Gasteiger partial charge in [-0.1, -0.05) is 60.7 Å². The van der Waals surface area contributed by atoms with Gasteiger partial charge in [0, 0.05) is 24.0 Å². The van der Waals surface area contributed by atoms with Crippen molar-refractivity contribution in [3.05, 3.63) is 94.0 Å². The van der Waals surface area contributed by atoms with Crippen molar-refractivity contribution < 1.29 is 42.7 Å². The molecule has 0 aliphatic rings. The van der Waals surface area contributed by atoms with Gasteiger partial charge in [-0.15, -0.1) is 0 Å². The molecule has 9 heteroatoms. The molecule has 0 fully saturated rings. The molecule has 0 amide bonds. The van der Waals surface area contributed by atoms with Crippen LogP contribution in [0, 0.1) is 0 Å². The summed E-state index contributed by atoms with van der Waals surface area (Å²) in [5, 5.41) is 0. The number of carbonyl (C=O) groups excluding carboxylic acids is 1. The maximum absolute atomic E-state index is 15.2. The van der Waals surface area contributed by atoms with Gasteiger partial charge in [-0.25, -0.2) is 0 Å². The van der Waals surface area contributed by atoms with Crippen molar-refractivity contribution in [1.29, 1.82) is 0 Å². The molecule has 4 aromatic rings. The molecule has 0 aromatic heterocycles. The number of rotatable bonds is 14. The number of carbonyl (C=O) groups is 1. The summed E-state index contributed by atoms with van der Waals surface area (Å²) in [6, 6.07) is 19.5. The highest BCUT2D eigenvalue weighted by atomic mass is 16.6. The van der Waals surface area contributed by atoms with Crippen LogP contribution in [0.3, 0.4) is 0 Å². The van der Waals surface area contributed by atoms with Crippen LogP contribution in [0.5, 0.6) is 46.0 Å². The molecule has 0 aliphatic carbocycles. The Kier molecular flexibility index (Phi) is 10.4. The van der Waals surface area contributed by atoms with E-state index in [0.29, 0.717) is 47.0 Å². The zero-order valence-electron chi connectivity index (χ0n) is 26.4. The van der Waals surface area contributed by atoms with E-state index in [2.05, 4.69) is 0 Å². The van der Waals surface area contributed by atoms with Gasteiger partial charge in [-0.3, -0.25) is 4.79 Å². The van der Waals surface area contributed by atoms with Crippen molar-refractivity contribution in [3.8, 4) is 46.0 Å². The van der Waals surface area contributed by atoms with Gasteiger partial charge < -0.3 is 37.9 Å². The van der Waals surface area contributed by atoms with Gasteiger partial charge in [0.1, 0.15) is 0 Å². The quantitative estimate of drug-likeness (QED) is 0.157. The van der Waals surface area contributed by atoms with E-state index in [9.17, 15) is 0 Å². The Morgan fingerprint density at radius 1 is 0.409 bits per heavy atom. The second-order valence-corrected chi connectivity index (χ2v) is 9.63. The van der Waals surface area contributed by atoms with Gasteiger partial charge in [-0.05, 0) is 11.1 Å². The summed E-state index contributed by atoms with van der Waals surface area (Å²) in [5.74, 6) is 1.65. The second-order valence-electron chi connectivity index (χ2n) is 9.63. The van der Waals surface area contributed by atoms with Crippen LogP contribution < -0.4 is 37.9 Å². The van der Waals surface area contributed by atoms with Crippen molar-refractivity contribution in [2.45, 2.75) is 12.8 Å². The summed E-state index contributed by atoms with van der Waals surface area (Å²) in [5.41, 5.74) is 3.39. The average molecular weight is 603 g/mol. The van der Waals surface area contributed by atoms with E-state index in [0.717, 1.165) is 11.1 Å². The Morgan fingerprint density at radius 3 is 0.955 bits per heavy atom. The van der Waals surface area contributed by atoms with Crippen molar-refractivity contribution >= 4 is 5.78 Å². The van der Waals surface area contributed by atoms with Crippen molar-refractivity contribution in [1.82, 2.24) is 0 Å². The molecule has 4 rings (SSSR count). The maximum atomic E-state index is 15.2. The van der Waals surface area contributed by atoms with Crippen LogP contribution in [-0.4, -0.2) is 62.7 Å². The molecule has 9 nitrogen and oxygen atoms in total. The van der Waals surface area contributed by atoms with E-state index in [1.54, 1.807) is 0 Å². The first-order valence-corrected chi connectivity index (χ1v) is 13.8. The fourth-order valence-corrected chi connectivity index (χ4v) is 5.52. The van der Waals surface area contributed by atoms with Crippen molar-refractivity contribution in [2.24, 2.45) is 0 Å². The highest BCUT2D eigenvalue weighted by Crippen LogP contribution is 2.54. The van der Waals surface area contributed by atoms with Crippen LogP contribution in [0.4, 0.5) is 0 Å². The highest BCUT2D eigenvalue weighted by molar-refractivity contribution is 6.16. The van der Waals surface area contributed by atoms with Crippen LogP contribution in [0.1, 0.15) is 38.2 Å². The van der Waals surface area contributed by atoms with E-state index in [4.69, 9.17) is 37.9 Å². The molecule has 44 heavy (non-hydrogen) atoms. The molecular weight excluding hydrogens is 564 g/mol. The van der Waals surface area contributed by atoms with Crippen LogP contribution >= 0.6 is 0 Å². The minimum atomic E-state index is -0.422. The van der Waals surface area contributed by atoms with E-state index in [-0.39, 0.29) is 34.1 Å².